The first kappa shape index (κ1) is 15.0. The molecule has 1 aliphatic carbocycles. The predicted octanol–water partition coefficient (Wildman–Crippen LogP) is 2.41. The maximum absolute atomic E-state index is 4.83. The molecular formula is C18H23N7. The minimum Gasteiger partial charge on any atom is -0.297 e. The molecule has 0 radical (unpaired) electrons. The summed E-state index contributed by atoms with van der Waals surface area (Å²) in [5.74, 6) is 2.13. The summed E-state index contributed by atoms with van der Waals surface area (Å²) < 4.78 is 1.99. The minimum absolute atomic E-state index is 0.439. The van der Waals surface area contributed by atoms with Gasteiger partial charge in [-0.1, -0.05) is 0 Å². The molecule has 3 aromatic rings. The van der Waals surface area contributed by atoms with E-state index in [1.54, 1.807) is 0 Å². The molecule has 7 heteroatoms. The van der Waals surface area contributed by atoms with Gasteiger partial charge in [-0.2, -0.15) is 14.7 Å². The lowest BCUT2D eigenvalue weighted by Crippen LogP contribution is -2.33. The maximum Gasteiger partial charge on any atom is 0.177 e. The molecular weight excluding hydrogens is 314 g/mol. The third-order valence-corrected chi connectivity index (χ3v) is 5.40. The molecule has 0 spiro atoms. The molecule has 0 amide bonds. The number of hydrogen-bond acceptors (Lipinski definition) is 5. The van der Waals surface area contributed by atoms with Gasteiger partial charge in [0, 0.05) is 24.1 Å². The molecule has 3 aromatic heterocycles. The summed E-state index contributed by atoms with van der Waals surface area (Å²) in [7, 11) is 0. The van der Waals surface area contributed by atoms with Gasteiger partial charge in [-0.15, -0.1) is 10.2 Å². The molecule has 130 valence electrons. The third kappa shape index (κ3) is 2.93. The number of nitrogens with zero attached hydrogens (tertiary/aromatic N) is 6. The van der Waals surface area contributed by atoms with E-state index in [2.05, 4.69) is 43.5 Å². The Morgan fingerprint density at radius 3 is 2.64 bits per heavy atom. The fourth-order valence-corrected chi connectivity index (χ4v) is 3.80. The Morgan fingerprint density at radius 2 is 1.92 bits per heavy atom. The van der Waals surface area contributed by atoms with E-state index < -0.39 is 0 Å². The fourth-order valence-electron chi connectivity index (χ4n) is 3.80. The summed E-state index contributed by atoms with van der Waals surface area (Å²) in [6.07, 6.45) is 4.72. The molecule has 0 atom stereocenters. The van der Waals surface area contributed by atoms with Gasteiger partial charge in [0.1, 0.15) is 0 Å². The zero-order valence-electron chi connectivity index (χ0n) is 14.5. The molecule has 0 unspecified atom stereocenters. The molecule has 25 heavy (non-hydrogen) atoms. The van der Waals surface area contributed by atoms with Gasteiger partial charge in [0.2, 0.25) is 0 Å². The van der Waals surface area contributed by atoms with Crippen LogP contribution >= 0.6 is 0 Å². The quantitative estimate of drug-likeness (QED) is 0.791. The SMILES string of the molecule is Cc1cc(CN2CCC(c3nnc4ccc(C5CC5)nn34)CC2)n[nH]1. The lowest BCUT2D eigenvalue weighted by Gasteiger charge is -2.30. The van der Waals surface area contributed by atoms with Gasteiger partial charge >= 0.3 is 0 Å². The van der Waals surface area contributed by atoms with E-state index in [1.165, 1.54) is 18.5 Å². The zero-order valence-corrected chi connectivity index (χ0v) is 14.5. The minimum atomic E-state index is 0.439. The number of aromatic amines is 1. The Hall–Kier alpha value is -2.28. The predicted molar refractivity (Wildman–Crippen MR) is 93.3 cm³/mol. The summed E-state index contributed by atoms with van der Waals surface area (Å²) >= 11 is 0. The van der Waals surface area contributed by atoms with Crippen LogP contribution < -0.4 is 0 Å². The van der Waals surface area contributed by atoms with Crippen LogP contribution in [0.3, 0.4) is 0 Å². The highest BCUT2D eigenvalue weighted by atomic mass is 15.4. The molecule has 2 aliphatic rings. The third-order valence-electron chi connectivity index (χ3n) is 5.40. The van der Waals surface area contributed by atoms with Gasteiger partial charge in [0.15, 0.2) is 11.5 Å². The summed E-state index contributed by atoms with van der Waals surface area (Å²) in [6.45, 7) is 5.09. The van der Waals surface area contributed by atoms with E-state index >= 15 is 0 Å². The normalized spacial score (nSPS) is 19.7. The monoisotopic (exact) mass is 337 g/mol. The van der Waals surface area contributed by atoms with Crippen molar-refractivity contribution in [2.45, 2.75) is 51.0 Å². The van der Waals surface area contributed by atoms with Crippen molar-refractivity contribution in [2.75, 3.05) is 13.1 Å². The number of nitrogens with one attached hydrogen (secondary N) is 1. The van der Waals surface area contributed by atoms with Crippen LogP contribution in [0.4, 0.5) is 0 Å². The fraction of sp³-hybridized carbons (Fsp3) is 0.556. The van der Waals surface area contributed by atoms with Crippen LogP contribution in [0.25, 0.3) is 5.65 Å². The van der Waals surface area contributed by atoms with Crippen molar-refractivity contribution in [1.82, 2.24) is 34.9 Å². The highest BCUT2D eigenvalue weighted by Gasteiger charge is 2.28. The number of hydrogen-bond donors (Lipinski definition) is 1. The molecule has 1 saturated carbocycles. The van der Waals surface area contributed by atoms with Crippen molar-refractivity contribution >= 4 is 5.65 Å². The van der Waals surface area contributed by atoms with Crippen LogP contribution in [-0.4, -0.2) is 48.0 Å². The van der Waals surface area contributed by atoms with Crippen LogP contribution in [0.1, 0.15) is 60.4 Å². The standard InChI is InChI=1S/C18H23N7/c1-12-10-15(20-19-12)11-24-8-6-14(7-9-24)18-22-21-17-5-4-16(13-2-3-13)23-25(17)18/h4-5,10,13-14H,2-3,6-9,11H2,1H3,(H,19,20). The summed E-state index contributed by atoms with van der Waals surface area (Å²) in [5.41, 5.74) is 4.31. The second kappa shape index (κ2) is 5.91. The van der Waals surface area contributed by atoms with Crippen LogP contribution in [0.5, 0.6) is 0 Å². The number of likely N-dealkylation sites (tertiary alicyclic amines) is 1. The van der Waals surface area contributed by atoms with Crippen molar-refractivity contribution in [2.24, 2.45) is 0 Å². The molecule has 4 heterocycles. The summed E-state index contributed by atoms with van der Waals surface area (Å²) in [5, 5.41) is 21.0. The number of fused-ring (bicyclic) bond motifs is 1. The van der Waals surface area contributed by atoms with E-state index in [4.69, 9.17) is 5.10 Å². The van der Waals surface area contributed by atoms with Crippen molar-refractivity contribution in [3.8, 4) is 0 Å². The Kier molecular flexibility index (Phi) is 3.55. The van der Waals surface area contributed by atoms with Gasteiger partial charge in [-0.3, -0.25) is 10.00 Å². The second-order valence-electron chi connectivity index (χ2n) is 7.45. The number of aromatic nitrogens is 6. The van der Waals surface area contributed by atoms with Crippen molar-refractivity contribution in [1.29, 1.82) is 0 Å². The first-order chi connectivity index (χ1) is 12.3. The van der Waals surface area contributed by atoms with Gasteiger partial charge in [0.25, 0.3) is 0 Å². The smallest absolute Gasteiger partial charge is 0.177 e. The van der Waals surface area contributed by atoms with E-state index in [0.29, 0.717) is 11.8 Å². The van der Waals surface area contributed by atoms with E-state index in [-0.39, 0.29) is 0 Å². The molecule has 1 saturated heterocycles. The van der Waals surface area contributed by atoms with Crippen LogP contribution in [0.15, 0.2) is 18.2 Å². The topological polar surface area (TPSA) is 75.0 Å². The van der Waals surface area contributed by atoms with E-state index in [1.807, 2.05) is 11.4 Å². The number of aryl methyl sites for hydroxylation is 1. The highest BCUT2D eigenvalue weighted by Crippen LogP contribution is 2.39. The van der Waals surface area contributed by atoms with Crippen LogP contribution in [0.2, 0.25) is 0 Å². The molecule has 2 fully saturated rings. The Balaban J connectivity index is 1.30. The number of piperidine rings is 1. The van der Waals surface area contributed by atoms with Gasteiger partial charge < -0.3 is 0 Å². The highest BCUT2D eigenvalue weighted by molar-refractivity contribution is 5.38. The lowest BCUT2D eigenvalue weighted by atomic mass is 9.96. The van der Waals surface area contributed by atoms with Gasteiger partial charge in [-0.25, -0.2) is 0 Å². The number of rotatable bonds is 4. The summed E-state index contributed by atoms with van der Waals surface area (Å²) in [4.78, 5) is 2.47. The summed E-state index contributed by atoms with van der Waals surface area (Å²) in [6, 6.07) is 6.30. The largest absolute Gasteiger partial charge is 0.297 e. The first-order valence-electron chi connectivity index (χ1n) is 9.22. The lowest BCUT2D eigenvalue weighted by molar-refractivity contribution is 0.198. The van der Waals surface area contributed by atoms with Gasteiger partial charge in [0.05, 0.1) is 11.4 Å². The molecule has 5 rings (SSSR count). The molecule has 7 nitrogen and oxygen atoms in total. The Bertz CT molecular complexity index is 884. The van der Waals surface area contributed by atoms with Crippen molar-refractivity contribution < 1.29 is 0 Å². The van der Waals surface area contributed by atoms with Crippen LogP contribution in [-0.2, 0) is 6.54 Å². The average Bonchev–Trinajstić information content (AvgIpc) is 3.28. The second-order valence-corrected chi connectivity index (χ2v) is 7.45. The maximum atomic E-state index is 4.83. The Labute approximate surface area is 146 Å². The molecule has 1 aliphatic heterocycles. The molecule has 0 aromatic carbocycles. The van der Waals surface area contributed by atoms with Crippen molar-refractivity contribution in [3.05, 3.63) is 41.1 Å². The van der Waals surface area contributed by atoms with Crippen LogP contribution in [0, 0.1) is 6.92 Å². The number of H-pyrrole nitrogens is 1. The van der Waals surface area contributed by atoms with Crippen molar-refractivity contribution in [3.63, 3.8) is 0 Å². The van der Waals surface area contributed by atoms with E-state index in [9.17, 15) is 0 Å². The van der Waals surface area contributed by atoms with Gasteiger partial charge in [-0.05, 0) is 63.9 Å². The average molecular weight is 337 g/mol. The molecule has 0 bridgehead atoms. The Morgan fingerprint density at radius 1 is 1.08 bits per heavy atom. The first-order valence-corrected chi connectivity index (χ1v) is 9.22. The molecule has 1 N–H and O–H groups in total. The van der Waals surface area contributed by atoms with E-state index in [0.717, 1.165) is 55.3 Å². The zero-order chi connectivity index (χ0) is 16.8.